The number of nitrogens with two attached hydrogens (primary N) is 1. The van der Waals surface area contributed by atoms with Crippen molar-refractivity contribution in [2.45, 2.75) is 13.2 Å². The summed E-state index contributed by atoms with van der Waals surface area (Å²) in [5.41, 5.74) is 8.16. The fourth-order valence-electron chi connectivity index (χ4n) is 1.53. The zero-order chi connectivity index (χ0) is 13.0. The van der Waals surface area contributed by atoms with Crippen LogP contribution in [0, 0.1) is 0 Å². The highest BCUT2D eigenvalue weighted by atomic mass is 35.5. The summed E-state index contributed by atoms with van der Waals surface area (Å²) in [6.45, 7) is 0.455. The van der Waals surface area contributed by atoms with Crippen LogP contribution >= 0.6 is 11.6 Å². The fraction of sp³-hybridized carbons (Fsp3) is 0.143. The molecule has 0 saturated heterocycles. The first kappa shape index (κ1) is 12.7. The molecule has 0 bridgehead atoms. The zero-order valence-corrected chi connectivity index (χ0v) is 10.5. The maximum atomic E-state index is 8.94. The number of anilines is 1. The van der Waals surface area contributed by atoms with E-state index in [0.717, 1.165) is 11.1 Å². The molecule has 4 heteroatoms. The maximum absolute atomic E-state index is 8.94. The van der Waals surface area contributed by atoms with Crippen LogP contribution in [0.2, 0.25) is 5.02 Å². The molecule has 3 N–H and O–H groups in total. The lowest BCUT2D eigenvalue weighted by molar-refractivity contribution is 0.281. The van der Waals surface area contributed by atoms with E-state index in [-0.39, 0.29) is 6.61 Å². The Balaban J connectivity index is 2.04. The Morgan fingerprint density at radius 3 is 2.39 bits per heavy atom. The summed E-state index contributed by atoms with van der Waals surface area (Å²) >= 11 is 6.00. The minimum absolute atomic E-state index is 0.0438. The van der Waals surface area contributed by atoms with Gasteiger partial charge in [-0.1, -0.05) is 35.9 Å². The third kappa shape index (κ3) is 3.15. The van der Waals surface area contributed by atoms with Crippen molar-refractivity contribution in [3.63, 3.8) is 0 Å². The summed E-state index contributed by atoms with van der Waals surface area (Å²) in [7, 11) is 0. The Morgan fingerprint density at radius 2 is 1.72 bits per heavy atom. The van der Waals surface area contributed by atoms with E-state index < -0.39 is 0 Å². The Hall–Kier alpha value is -1.71. The molecule has 0 aliphatic carbocycles. The van der Waals surface area contributed by atoms with Crippen LogP contribution in [-0.4, -0.2) is 5.11 Å². The van der Waals surface area contributed by atoms with Crippen molar-refractivity contribution in [3.05, 3.63) is 58.6 Å². The topological polar surface area (TPSA) is 55.5 Å². The second kappa shape index (κ2) is 5.76. The van der Waals surface area contributed by atoms with Crippen LogP contribution in [0.15, 0.2) is 42.5 Å². The molecule has 18 heavy (non-hydrogen) atoms. The second-order valence-corrected chi connectivity index (χ2v) is 4.36. The predicted octanol–water partition coefficient (Wildman–Crippen LogP) is 2.99. The highest BCUT2D eigenvalue weighted by molar-refractivity contribution is 6.32. The highest BCUT2D eigenvalue weighted by Gasteiger charge is 2.02. The summed E-state index contributed by atoms with van der Waals surface area (Å²) in [5.74, 6) is 0.572. The summed E-state index contributed by atoms with van der Waals surface area (Å²) in [6, 6.07) is 12.7. The van der Waals surface area contributed by atoms with Crippen LogP contribution < -0.4 is 10.5 Å². The number of benzene rings is 2. The monoisotopic (exact) mass is 263 g/mol. The van der Waals surface area contributed by atoms with Gasteiger partial charge in [-0.2, -0.15) is 0 Å². The van der Waals surface area contributed by atoms with E-state index in [9.17, 15) is 0 Å². The fourth-order valence-corrected chi connectivity index (χ4v) is 1.70. The molecule has 0 amide bonds. The first-order valence-electron chi connectivity index (χ1n) is 5.55. The number of aliphatic hydroxyl groups excluding tert-OH is 1. The van der Waals surface area contributed by atoms with Gasteiger partial charge in [0.2, 0.25) is 0 Å². The molecule has 2 aromatic carbocycles. The van der Waals surface area contributed by atoms with E-state index in [1.54, 1.807) is 18.2 Å². The van der Waals surface area contributed by atoms with Crippen LogP contribution in [0.4, 0.5) is 5.69 Å². The van der Waals surface area contributed by atoms with Crippen LogP contribution in [0.25, 0.3) is 0 Å². The number of rotatable bonds is 4. The summed E-state index contributed by atoms with van der Waals surface area (Å²) in [6.07, 6.45) is 0. The summed E-state index contributed by atoms with van der Waals surface area (Å²) in [5, 5.41) is 9.48. The van der Waals surface area contributed by atoms with Gasteiger partial charge in [-0.25, -0.2) is 0 Å². The van der Waals surface area contributed by atoms with Crippen LogP contribution in [0.1, 0.15) is 11.1 Å². The maximum Gasteiger partial charge on any atom is 0.140 e. The van der Waals surface area contributed by atoms with E-state index in [2.05, 4.69) is 0 Å². The molecule has 0 radical (unpaired) electrons. The van der Waals surface area contributed by atoms with Crippen molar-refractivity contribution in [1.82, 2.24) is 0 Å². The van der Waals surface area contributed by atoms with Gasteiger partial charge in [-0.15, -0.1) is 0 Å². The average molecular weight is 264 g/mol. The average Bonchev–Trinajstić information content (AvgIpc) is 2.40. The van der Waals surface area contributed by atoms with Crippen molar-refractivity contribution in [2.24, 2.45) is 0 Å². The molecular weight excluding hydrogens is 250 g/mol. The molecule has 0 aromatic heterocycles. The molecular formula is C14H14ClNO2. The number of ether oxygens (including phenoxy) is 1. The lowest BCUT2D eigenvalue weighted by atomic mass is 10.1. The Labute approximate surface area is 111 Å². The lowest BCUT2D eigenvalue weighted by Crippen LogP contribution is -1.97. The first-order valence-corrected chi connectivity index (χ1v) is 5.93. The van der Waals surface area contributed by atoms with E-state index in [1.165, 1.54) is 0 Å². The Morgan fingerprint density at radius 1 is 1.06 bits per heavy atom. The van der Waals surface area contributed by atoms with E-state index in [4.69, 9.17) is 27.2 Å². The van der Waals surface area contributed by atoms with Gasteiger partial charge < -0.3 is 15.6 Å². The van der Waals surface area contributed by atoms with Crippen molar-refractivity contribution < 1.29 is 9.84 Å². The third-order valence-electron chi connectivity index (χ3n) is 2.56. The van der Waals surface area contributed by atoms with E-state index in [1.807, 2.05) is 24.3 Å². The van der Waals surface area contributed by atoms with Gasteiger partial charge in [-0.3, -0.25) is 0 Å². The normalized spacial score (nSPS) is 10.3. The molecule has 2 aromatic rings. The highest BCUT2D eigenvalue weighted by Crippen LogP contribution is 2.27. The van der Waals surface area contributed by atoms with Crippen molar-refractivity contribution in [2.75, 3.05) is 5.73 Å². The molecule has 94 valence electrons. The quantitative estimate of drug-likeness (QED) is 0.834. The predicted molar refractivity (Wildman–Crippen MR) is 72.6 cm³/mol. The number of hydrogen-bond acceptors (Lipinski definition) is 3. The first-order chi connectivity index (χ1) is 8.69. The smallest absolute Gasteiger partial charge is 0.140 e. The molecule has 3 nitrogen and oxygen atoms in total. The van der Waals surface area contributed by atoms with Gasteiger partial charge >= 0.3 is 0 Å². The molecule has 0 unspecified atom stereocenters. The number of hydrogen-bond donors (Lipinski definition) is 2. The second-order valence-electron chi connectivity index (χ2n) is 3.95. The van der Waals surface area contributed by atoms with Gasteiger partial charge in [0.05, 0.1) is 11.6 Å². The van der Waals surface area contributed by atoms with Gasteiger partial charge in [-0.05, 0) is 23.3 Å². The van der Waals surface area contributed by atoms with Crippen molar-refractivity contribution in [3.8, 4) is 5.75 Å². The standard InChI is InChI=1S/C14H14ClNO2/c15-13-6-5-12(16)7-14(13)18-9-11-3-1-10(8-17)2-4-11/h1-7,17H,8-9,16H2. The van der Waals surface area contributed by atoms with Crippen LogP contribution in [0.5, 0.6) is 5.75 Å². The molecule has 0 saturated carbocycles. The Bertz CT molecular complexity index is 526. The molecule has 0 heterocycles. The summed E-state index contributed by atoms with van der Waals surface area (Å²) in [4.78, 5) is 0. The Kier molecular flexibility index (Phi) is 4.07. The molecule has 0 aliphatic rings. The zero-order valence-electron chi connectivity index (χ0n) is 9.77. The van der Waals surface area contributed by atoms with Crippen molar-refractivity contribution >= 4 is 17.3 Å². The van der Waals surface area contributed by atoms with Gasteiger partial charge in [0.15, 0.2) is 0 Å². The number of nitrogen functional groups attached to an aromatic ring is 1. The van der Waals surface area contributed by atoms with Crippen LogP contribution in [0.3, 0.4) is 0 Å². The molecule has 0 spiro atoms. The van der Waals surface area contributed by atoms with Gasteiger partial charge in [0.25, 0.3) is 0 Å². The van der Waals surface area contributed by atoms with Gasteiger partial charge in [0, 0.05) is 11.8 Å². The number of aliphatic hydroxyl groups is 1. The van der Waals surface area contributed by atoms with Gasteiger partial charge in [0.1, 0.15) is 12.4 Å². The molecule has 2 rings (SSSR count). The third-order valence-corrected chi connectivity index (χ3v) is 2.87. The minimum atomic E-state index is 0.0438. The number of halogens is 1. The lowest BCUT2D eigenvalue weighted by Gasteiger charge is -2.09. The largest absolute Gasteiger partial charge is 0.487 e. The molecule has 0 aliphatic heterocycles. The minimum Gasteiger partial charge on any atom is -0.487 e. The van der Waals surface area contributed by atoms with Crippen molar-refractivity contribution in [1.29, 1.82) is 0 Å². The molecule has 0 fully saturated rings. The van der Waals surface area contributed by atoms with Crippen LogP contribution in [-0.2, 0) is 13.2 Å². The molecule has 0 atom stereocenters. The van der Waals surface area contributed by atoms with E-state index >= 15 is 0 Å². The SMILES string of the molecule is Nc1ccc(Cl)c(OCc2ccc(CO)cc2)c1. The summed E-state index contributed by atoms with van der Waals surface area (Å²) < 4.78 is 5.60. The van der Waals surface area contributed by atoms with E-state index in [0.29, 0.717) is 23.1 Å².